The molecule has 1 N–H and O–H groups in total. The summed E-state index contributed by atoms with van der Waals surface area (Å²) in [6, 6.07) is 9.02. The zero-order chi connectivity index (χ0) is 13.0. The lowest BCUT2D eigenvalue weighted by Gasteiger charge is -2.29. The van der Waals surface area contributed by atoms with Crippen LogP contribution in [0.2, 0.25) is 0 Å². The number of hydrogen-bond donors (Lipinski definition) is 1. The highest BCUT2D eigenvalue weighted by molar-refractivity contribution is 5.89. The lowest BCUT2D eigenvalue weighted by molar-refractivity contribution is -0.00279. The van der Waals surface area contributed by atoms with Crippen LogP contribution in [-0.4, -0.2) is 41.8 Å². The fraction of sp³-hybridized carbons (Fsp3) is 0.385. The van der Waals surface area contributed by atoms with E-state index in [0.717, 1.165) is 5.56 Å². The molecular formula is C13H14N2O3. The second-order valence-corrected chi connectivity index (χ2v) is 4.19. The van der Waals surface area contributed by atoms with Crippen molar-refractivity contribution in [3.63, 3.8) is 0 Å². The molecular weight excluding hydrogens is 232 g/mol. The Morgan fingerprint density at radius 2 is 2.33 bits per heavy atom. The number of carbonyl (C=O) groups is 1. The van der Waals surface area contributed by atoms with Gasteiger partial charge in [0.05, 0.1) is 18.2 Å². The van der Waals surface area contributed by atoms with Gasteiger partial charge in [0, 0.05) is 19.6 Å². The highest BCUT2D eigenvalue weighted by Crippen LogP contribution is 2.14. The third-order valence-corrected chi connectivity index (χ3v) is 2.94. The number of hydrogen-bond acceptors (Lipinski definition) is 4. The van der Waals surface area contributed by atoms with Gasteiger partial charge >= 0.3 is 5.97 Å². The maximum Gasteiger partial charge on any atom is 0.336 e. The summed E-state index contributed by atoms with van der Waals surface area (Å²) >= 11 is 0. The minimum Gasteiger partial charge on any atom is -0.478 e. The van der Waals surface area contributed by atoms with Gasteiger partial charge in [-0.05, 0) is 11.6 Å². The third kappa shape index (κ3) is 2.86. The van der Waals surface area contributed by atoms with Crippen molar-refractivity contribution in [2.75, 3.05) is 19.7 Å². The Labute approximate surface area is 105 Å². The fourth-order valence-corrected chi connectivity index (χ4v) is 2.03. The predicted molar refractivity (Wildman–Crippen MR) is 64.0 cm³/mol. The van der Waals surface area contributed by atoms with Gasteiger partial charge in [0.25, 0.3) is 0 Å². The van der Waals surface area contributed by atoms with E-state index in [9.17, 15) is 4.79 Å². The maximum atomic E-state index is 11.1. The summed E-state index contributed by atoms with van der Waals surface area (Å²) < 4.78 is 5.25. The average Bonchev–Trinajstić information content (AvgIpc) is 2.39. The molecule has 0 spiro atoms. The van der Waals surface area contributed by atoms with Crippen LogP contribution in [0, 0.1) is 11.3 Å². The van der Waals surface area contributed by atoms with Gasteiger partial charge in [-0.3, -0.25) is 4.90 Å². The number of carboxylic acids is 1. The van der Waals surface area contributed by atoms with E-state index in [0.29, 0.717) is 31.8 Å². The Bertz CT molecular complexity index is 481. The second kappa shape index (κ2) is 5.63. The van der Waals surface area contributed by atoms with Crippen LogP contribution in [0.1, 0.15) is 15.9 Å². The third-order valence-electron chi connectivity index (χ3n) is 2.94. The summed E-state index contributed by atoms with van der Waals surface area (Å²) in [5.74, 6) is -0.921. The van der Waals surface area contributed by atoms with E-state index in [-0.39, 0.29) is 0 Å². The van der Waals surface area contributed by atoms with E-state index >= 15 is 0 Å². The zero-order valence-electron chi connectivity index (χ0n) is 9.87. The summed E-state index contributed by atoms with van der Waals surface area (Å²) in [6.07, 6.45) is -0.421. The molecule has 1 saturated heterocycles. The Morgan fingerprint density at radius 3 is 3.06 bits per heavy atom. The van der Waals surface area contributed by atoms with Crippen LogP contribution in [0.4, 0.5) is 0 Å². The first-order valence-corrected chi connectivity index (χ1v) is 5.75. The van der Waals surface area contributed by atoms with E-state index in [1.54, 1.807) is 18.2 Å². The van der Waals surface area contributed by atoms with Crippen LogP contribution in [0.5, 0.6) is 0 Å². The molecule has 94 valence electrons. The van der Waals surface area contributed by atoms with Gasteiger partial charge < -0.3 is 9.84 Å². The topological polar surface area (TPSA) is 73.6 Å². The van der Waals surface area contributed by atoms with Gasteiger partial charge in [0.2, 0.25) is 0 Å². The van der Waals surface area contributed by atoms with Crippen molar-refractivity contribution in [2.45, 2.75) is 12.6 Å². The molecule has 0 amide bonds. The monoisotopic (exact) mass is 246 g/mol. The first kappa shape index (κ1) is 12.6. The molecule has 0 radical (unpaired) electrons. The molecule has 1 unspecified atom stereocenters. The van der Waals surface area contributed by atoms with Gasteiger partial charge in [-0.15, -0.1) is 0 Å². The Morgan fingerprint density at radius 1 is 1.56 bits per heavy atom. The number of benzene rings is 1. The van der Waals surface area contributed by atoms with Crippen molar-refractivity contribution >= 4 is 5.97 Å². The van der Waals surface area contributed by atoms with Crippen molar-refractivity contribution in [1.29, 1.82) is 5.26 Å². The highest BCUT2D eigenvalue weighted by atomic mass is 16.5. The lowest BCUT2D eigenvalue weighted by Crippen LogP contribution is -2.41. The molecule has 1 fully saturated rings. The van der Waals surface area contributed by atoms with E-state index in [2.05, 4.69) is 6.07 Å². The molecule has 1 aromatic carbocycles. The number of ether oxygens (including phenoxy) is 1. The zero-order valence-corrected chi connectivity index (χ0v) is 9.87. The maximum absolute atomic E-state index is 11.1. The molecule has 0 aromatic heterocycles. The molecule has 1 aromatic rings. The van der Waals surface area contributed by atoms with Crippen molar-refractivity contribution < 1.29 is 14.6 Å². The van der Waals surface area contributed by atoms with Gasteiger partial charge in [0.15, 0.2) is 6.10 Å². The van der Waals surface area contributed by atoms with Crippen molar-refractivity contribution in [2.24, 2.45) is 0 Å². The number of morpholine rings is 1. The molecule has 1 atom stereocenters. The summed E-state index contributed by atoms with van der Waals surface area (Å²) in [6.45, 7) is 2.27. The molecule has 1 heterocycles. The average molecular weight is 246 g/mol. The summed E-state index contributed by atoms with van der Waals surface area (Å²) in [4.78, 5) is 13.1. The molecule has 2 rings (SSSR count). The SMILES string of the molecule is N#CC1CN(Cc2ccccc2C(=O)O)CCO1. The normalized spacial score (nSPS) is 20.3. The van der Waals surface area contributed by atoms with Crippen LogP contribution >= 0.6 is 0 Å². The van der Waals surface area contributed by atoms with Crippen LogP contribution in [0.3, 0.4) is 0 Å². The van der Waals surface area contributed by atoms with E-state index in [4.69, 9.17) is 15.1 Å². The first-order valence-electron chi connectivity index (χ1n) is 5.75. The molecule has 18 heavy (non-hydrogen) atoms. The van der Waals surface area contributed by atoms with Crippen LogP contribution in [-0.2, 0) is 11.3 Å². The molecule has 5 nitrogen and oxygen atoms in total. The minimum atomic E-state index is -0.921. The number of rotatable bonds is 3. The van der Waals surface area contributed by atoms with Gasteiger partial charge in [-0.2, -0.15) is 5.26 Å². The molecule has 1 aliphatic heterocycles. The number of nitrogens with zero attached hydrogens (tertiary/aromatic N) is 2. The number of aromatic carboxylic acids is 1. The molecule has 0 bridgehead atoms. The van der Waals surface area contributed by atoms with Gasteiger partial charge in [-0.1, -0.05) is 18.2 Å². The predicted octanol–water partition coefficient (Wildman–Crippen LogP) is 1.11. The lowest BCUT2D eigenvalue weighted by atomic mass is 10.1. The fourth-order valence-electron chi connectivity index (χ4n) is 2.03. The molecule has 5 heteroatoms. The van der Waals surface area contributed by atoms with Crippen LogP contribution in [0.25, 0.3) is 0 Å². The Balaban J connectivity index is 2.10. The van der Waals surface area contributed by atoms with E-state index in [1.807, 2.05) is 11.0 Å². The second-order valence-electron chi connectivity index (χ2n) is 4.19. The van der Waals surface area contributed by atoms with Gasteiger partial charge in [-0.25, -0.2) is 4.79 Å². The summed E-state index contributed by atoms with van der Waals surface area (Å²) in [5, 5.41) is 17.9. The number of carboxylic acid groups (broad SMARTS) is 1. The highest BCUT2D eigenvalue weighted by Gasteiger charge is 2.21. The molecule has 0 saturated carbocycles. The standard InChI is InChI=1S/C13H14N2O3/c14-7-11-9-15(5-6-18-11)8-10-3-1-2-4-12(10)13(16)17/h1-4,11H,5-6,8-9H2,(H,16,17). The number of nitriles is 1. The van der Waals surface area contributed by atoms with Crippen molar-refractivity contribution in [1.82, 2.24) is 4.90 Å². The van der Waals surface area contributed by atoms with Crippen molar-refractivity contribution in [3.8, 4) is 6.07 Å². The van der Waals surface area contributed by atoms with Crippen molar-refractivity contribution in [3.05, 3.63) is 35.4 Å². The minimum absolute atomic E-state index is 0.317. The Hall–Kier alpha value is -1.90. The van der Waals surface area contributed by atoms with Gasteiger partial charge in [0.1, 0.15) is 0 Å². The summed E-state index contributed by atoms with van der Waals surface area (Å²) in [5.41, 5.74) is 1.08. The largest absolute Gasteiger partial charge is 0.478 e. The molecule has 1 aliphatic rings. The van der Waals surface area contributed by atoms with Crippen LogP contribution < -0.4 is 0 Å². The first-order chi connectivity index (χ1) is 8.70. The van der Waals surface area contributed by atoms with E-state index in [1.165, 1.54) is 0 Å². The van der Waals surface area contributed by atoms with Crippen LogP contribution in [0.15, 0.2) is 24.3 Å². The Kier molecular flexibility index (Phi) is 3.92. The quantitative estimate of drug-likeness (QED) is 0.864. The summed E-state index contributed by atoms with van der Waals surface area (Å²) in [7, 11) is 0. The smallest absolute Gasteiger partial charge is 0.336 e. The molecule has 0 aliphatic carbocycles. The van der Waals surface area contributed by atoms with E-state index < -0.39 is 12.1 Å².